The molecule has 4 fully saturated rings. The Bertz CT molecular complexity index is 4050. The number of likely N-dealkylation sites (N-methyl/N-ethyl adjacent to an activating group) is 1. The SMILES string of the molecule is CC=C1NC(=O)C(Cc2ccc(O)cc2)NC(=O)C(C(C)O)NC(=O)C(NC(=O)C(NC(=O)C(O)C(CCCCCCCCCCC)OC2OCC(O)C(OC3OC(CO)C(O)C(O)C3NC(C)=O)C2O)C(C)O)C(C)OC(=O)C(CCCCN)NC(=O)C(C(C)OC2OC(COC(C)=O)C(OC(C)=O)C(OC(C)=O)C2OC(C)=O)N(C)C(=O)CNC(=O)C(CCC(N)=O)NC1=O. The minimum atomic E-state index is -2.41. The molecule has 11 amide bonds. The average molecular weight is 1890 g/mol. The molecule has 27 atom stereocenters. The summed E-state index contributed by atoms with van der Waals surface area (Å²) in [5.74, 6) is -19.8. The maximum absolute atomic E-state index is 15.6. The predicted molar refractivity (Wildman–Crippen MR) is 452 cm³/mol. The monoisotopic (exact) mass is 1880 g/mol. The smallest absolute Gasteiger partial charge is 0.328 e. The van der Waals surface area contributed by atoms with E-state index in [0.717, 1.165) is 114 Å². The second kappa shape index (κ2) is 55.4. The number of hydrogen-bond acceptors (Lipinski definition) is 37. The fraction of sp³-hybridized carbons (Fsp3) is 0.714. The summed E-state index contributed by atoms with van der Waals surface area (Å²) in [6, 6.07) is -11.2. The third-order valence-corrected chi connectivity index (χ3v) is 21.9. The number of unbranched alkanes of at least 4 members (excludes halogenated alkanes) is 9. The van der Waals surface area contributed by atoms with Gasteiger partial charge in [0.2, 0.25) is 53.2 Å². The highest BCUT2D eigenvalue weighted by atomic mass is 16.8. The van der Waals surface area contributed by atoms with Crippen molar-refractivity contribution in [2.24, 2.45) is 11.5 Å². The molecular weight excluding hydrogens is 1750 g/mol. The van der Waals surface area contributed by atoms with Crippen LogP contribution in [0.5, 0.6) is 5.75 Å². The summed E-state index contributed by atoms with van der Waals surface area (Å²) in [6.07, 6.45) is -30.3. The standard InChI is InChI=1S/C84H132N12O36/c1-13-15-16-17-18-19-20-21-22-26-55(129-83-68(112)69(54(106)37-123-83)132-82-63(88-43(7)100)67(111)65(109)56(36-97)130-82)66(110)80(120)94-61(40(4)99)77(117)95-62-41(5)124-81(121)52(25-23-24-33-85)91-79(119)64(42(6)125-84-72(128-47(11)104)71(127-46(10)103)70(126-45(9)102)57(131-84)38-122-44(8)101)96(12)59(108)35-87-73(113)51(31-32-58(86)107)90-74(114)50(14-2)89-75(115)53(34-48-27-29-49(105)30-28-48)92-76(116)60(39(3)98)93-78(62)118/h14,27-30,39-42,51-57,60-72,82-84,97-99,105-106,109-112H,13,15-26,31-38,85H2,1-12H3,(H2,86,107)(H,87,113)(H,88,100)(H,89,115)(H,90,114)(H,91,119)(H,92,116)(H,93,118)(H,94,120)(H,95,117). The van der Waals surface area contributed by atoms with Crippen molar-refractivity contribution < 1.29 is 175 Å². The molecule has 27 unspecified atom stereocenters. The number of rotatable bonds is 40. The summed E-state index contributed by atoms with van der Waals surface area (Å²) >= 11 is 0. The lowest BCUT2D eigenvalue weighted by Crippen LogP contribution is -2.67. The fourth-order valence-electron chi connectivity index (χ4n) is 14.8. The van der Waals surface area contributed by atoms with Crippen LogP contribution in [0.4, 0.5) is 0 Å². The van der Waals surface area contributed by atoms with E-state index in [1.54, 1.807) is 0 Å². The Morgan fingerprint density at radius 3 is 1.83 bits per heavy atom. The summed E-state index contributed by atoms with van der Waals surface area (Å²) in [5.41, 5.74) is 11.0. The highest BCUT2D eigenvalue weighted by Gasteiger charge is 2.56. The molecule has 0 spiro atoms. The van der Waals surface area contributed by atoms with E-state index in [1.807, 2.05) is 0 Å². The number of nitrogens with one attached hydrogen (secondary N) is 9. The Balaban J connectivity index is 1.69. The molecule has 48 heteroatoms. The van der Waals surface area contributed by atoms with Crippen LogP contribution in [0.25, 0.3) is 0 Å². The Labute approximate surface area is 762 Å². The van der Waals surface area contributed by atoms with Crippen molar-refractivity contribution in [2.75, 3.05) is 40.0 Å². The van der Waals surface area contributed by atoms with E-state index in [-0.39, 0.29) is 43.5 Å². The number of nitrogens with zero attached hydrogens (tertiary/aromatic N) is 1. The Hall–Kier alpha value is -10.3. The first kappa shape index (κ1) is 112. The maximum Gasteiger partial charge on any atom is 0.328 e. The first-order valence-electron chi connectivity index (χ1n) is 43.8. The van der Waals surface area contributed by atoms with E-state index in [1.165, 1.54) is 31.2 Å². The summed E-state index contributed by atoms with van der Waals surface area (Å²) in [4.78, 5) is 226. The number of cyclic esters (lactones) is 1. The second-order valence-electron chi connectivity index (χ2n) is 32.7. The van der Waals surface area contributed by atoms with Crippen LogP contribution in [-0.4, -0.2) is 351 Å². The van der Waals surface area contributed by atoms with Crippen molar-refractivity contribution in [3.05, 3.63) is 41.6 Å². The van der Waals surface area contributed by atoms with Gasteiger partial charge in [-0.25, -0.2) is 4.79 Å². The molecule has 5 rings (SSSR count). The number of aliphatic hydroxyl groups excluding tert-OH is 8. The van der Waals surface area contributed by atoms with E-state index < -0.39 is 317 Å². The molecule has 0 radical (unpaired) electrons. The number of amides is 11. The van der Waals surface area contributed by atoms with Crippen molar-refractivity contribution in [3.8, 4) is 5.75 Å². The lowest BCUT2D eigenvalue weighted by atomic mass is 9.96. The molecule has 4 aliphatic heterocycles. The number of primary amides is 1. The highest BCUT2D eigenvalue weighted by molar-refractivity contribution is 6.03. The zero-order valence-electron chi connectivity index (χ0n) is 76.0. The molecule has 0 saturated carbocycles. The molecule has 1 aromatic rings. The van der Waals surface area contributed by atoms with Crippen LogP contribution in [0.3, 0.4) is 0 Å². The summed E-state index contributed by atoms with van der Waals surface area (Å²) in [5, 5.41) is 121. The van der Waals surface area contributed by atoms with Crippen LogP contribution in [0, 0.1) is 0 Å². The Morgan fingerprint density at radius 2 is 1.25 bits per heavy atom. The third-order valence-electron chi connectivity index (χ3n) is 21.9. The van der Waals surface area contributed by atoms with Crippen LogP contribution >= 0.6 is 0 Å². The van der Waals surface area contributed by atoms with E-state index in [9.17, 15) is 103 Å². The lowest BCUT2D eigenvalue weighted by molar-refractivity contribution is -0.339. The number of aliphatic hydroxyl groups is 8. The van der Waals surface area contributed by atoms with Crippen LogP contribution in [0.2, 0.25) is 0 Å². The normalized spacial score (nSPS) is 29.3. The molecule has 0 aromatic heterocycles. The largest absolute Gasteiger partial charge is 0.508 e. The zero-order valence-corrected chi connectivity index (χ0v) is 76.0. The van der Waals surface area contributed by atoms with Gasteiger partial charge in [0.15, 0.2) is 43.3 Å². The van der Waals surface area contributed by atoms with E-state index in [2.05, 4.69) is 54.8 Å². The molecule has 4 aliphatic rings. The average Bonchev–Trinajstić information content (AvgIpc) is 0.791. The van der Waals surface area contributed by atoms with Gasteiger partial charge in [0.25, 0.3) is 11.8 Å². The van der Waals surface area contributed by atoms with Gasteiger partial charge in [-0.05, 0) is 91.0 Å². The number of carbonyl (C=O) groups is 16. The number of esters is 5. The first-order valence-corrected chi connectivity index (χ1v) is 43.8. The number of hydrogen-bond donors (Lipinski definition) is 20. The zero-order chi connectivity index (χ0) is 98.7. The second-order valence-corrected chi connectivity index (χ2v) is 32.7. The quantitative estimate of drug-likeness (QED) is 0.0126. The first-order chi connectivity index (χ1) is 62.3. The minimum Gasteiger partial charge on any atom is -0.508 e. The maximum atomic E-state index is 15.6. The molecule has 4 heterocycles. The van der Waals surface area contributed by atoms with E-state index in [4.69, 9.17) is 63.6 Å². The van der Waals surface area contributed by atoms with Gasteiger partial charge in [-0.3, -0.25) is 71.9 Å². The number of phenolic OH excluding ortho intramolecular Hbond substituents is 1. The van der Waals surface area contributed by atoms with Gasteiger partial charge in [0, 0.05) is 54.5 Å². The van der Waals surface area contributed by atoms with Crippen LogP contribution < -0.4 is 59.3 Å². The molecule has 48 nitrogen and oxygen atoms in total. The van der Waals surface area contributed by atoms with Gasteiger partial charge in [-0.1, -0.05) is 82.9 Å². The summed E-state index contributed by atoms with van der Waals surface area (Å²) < 4.78 is 63.9. The Kier molecular flexibility index (Phi) is 47.1. The highest BCUT2D eigenvalue weighted by Crippen LogP contribution is 2.34. The number of carbonyl (C=O) groups excluding carboxylic acids is 16. The van der Waals surface area contributed by atoms with Gasteiger partial charge in [-0.2, -0.15) is 0 Å². The number of nitrogens with two attached hydrogens (primary N) is 2. The van der Waals surface area contributed by atoms with Gasteiger partial charge in [0.05, 0.1) is 44.2 Å². The number of aromatic hydroxyl groups is 1. The van der Waals surface area contributed by atoms with Crippen molar-refractivity contribution >= 4 is 94.8 Å². The van der Waals surface area contributed by atoms with Crippen molar-refractivity contribution in [1.29, 1.82) is 0 Å². The van der Waals surface area contributed by atoms with Gasteiger partial charge < -0.3 is 162 Å². The van der Waals surface area contributed by atoms with Crippen molar-refractivity contribution in [1.82, 2.24) is 52.8 Å². The van der Waals surface area contributed by atoms with E-state index >= 15 is 19.2 Å². The number of phenols is 1. The number of allylic oxidation sites excluding steroid dienone is 1. The topological polar surface area (TPSA) is 720 Å². The summed E-state index contributed by atoms with van der Waals surface area (Å²) in [6.45, 7) is 8.71. The molecule has 0 bridgehead atoms. The van der Waals surface area contributed by atoms with Gasteiger partial charge >= 0.3 is 29.8 Å². The fourth-order valence-corrected chi connectivity index (χ4v) is 14.8. The van der Waals surface area contributed by atoms with Crippen LogP contribution in [0.15, 0.2) is 36.0 Å². The number of ether oxygens (including phenoxy) is 11. The molecule has 1 aromatic carbocycles. The van der Waals surface area contributed by atoms with Crippen LogP contribution in [-0.2, 0) is 135 Å². The molecule has 4 saturated heterocycles. The van der Waals surface area contributed by atoms with Gasteiger partial charge in [0.1, 0.15) is 115 Å². The molecule has 0 aliphatic carbocycles. The van der Waals surface area contributed by atoms with Gasteiger partial charge in [-0.15, -0.1) is 0 Å². The minimum absolute atomic E-state index is 0.0470. The van der Waals surface area contributed by atoms with Crippen LogP contribution in [0.1, 0.15) is 178 Å². The van der Waals surface area contributed by atoms with E-state index in [0.29, 0.717) is 17.7 Å². The van der Waals surface area contributed by atoms with Crippen molar-refractivity contribution in [2.45, 2.75) is 344 Å². The Morgan fingerprint density at radius 1 is 0.644 bits per heavy atom. The predicted octanol–water partition coefficient (Wildman–Crippen LogP) is -6.53. The lowest BCUT2D eigenvalue weighted by Gasteiger charge is -2.46. The van der Waals surface area contributed by atoms with Crippen molar-refractivity contribution in [3.63, 3.8) is 0 Å². The molecular formula is C84H132N12O36. The molecule has 744 valence electrons. The summed E-state index contributed by atoms with van der Waals surface area (Å²) in [7, 11) is 0.986. The third kappa shape index (κ3) is 34.9. The molecule has 132 heavy (non-hydrogen) atoms. The molecule has 22 N–H and O–H groups in total. The number of benzene rings is 1.